The standard InChI is InChI=1S/C21H23N3O2/c1-3-26-17-9-10-18(15(2)11-17)19-12-21(24-14-23-19)22-13-20(25)16-7-5-4-6-8-16/h4-12,14,20,25H,3,13H2,1-2H3,(H,22,23,24)/t20-/m0/s1. The van der Waals surface area contributed by atoms with Crippen LogP contribution in [0.2, 0.25) is 0 Å². The second-order valence-corrected chi connectivity index (χ2v) is 6.01. The van der Waals surface area contributed by atoms with E-state index in [2.05, 4.69) is 15.3 Å². The molecule has 0 aliphatic carbocycles. The van der Waals surface area contributed by atoms with Crippen molar-refractivity contribution >= 4 is 5.82 Å². The molecule has 1 heterocycles. The first-order valence-corrected chi connectivity index (χ1v) is 8.70. The molecule has 5 heteroatoms. The Morgan fingerprint density at radius 1 is 1.08 bits per heavy atom. The van der Waals surface area contributed by atoms with E-state index in [0.29, 0.717) is 19.0 Å². The van der Waals surface area contributed by atoms with E-state index in [1.165, 1.54) is 6.33 Å². The first-order chi connectivity index (χ1) is 12.7. The number of anilines is 1. The van der Waals surface area contributed by atoms with Gasteiger partial charge in [0, 0.05) is 18.2 Å². The monoisotopic (exact) mass is 349 g/mol. The molecule has 0 unspecified atom stereocenters. The Morgan fingerprint density at radius 2 is 1.88 bits per heavy atom. The summed E-state index contributed by atoms with van der Waals surface area (Å²) >= 11 is 0. The van der Waals surface area contributed by atoms with Gasteiger partial charge in [-0.25, -0.2) is 9.97 Å². The normalized spacial score (nSPS) is 11.8. The fourth-order valence-electron chi connectivity index (χ4n) is 2.78. The van der Waals surface area contributed by atoms with Gasteiger partial charge in [-0.3, -0.25) is 0 Å². The van der Waals surface area contributed by atoms with Crippen LogP contribution in [0.15, 0.2) is 60.9 Å². The van der Waals surface area contributed by atoms with E-state index >= 15 is 0 Å². The van der Waals surface area contributed by atoms with Crippen LogP contribution >= 0.6 is 0 Å². The van der Waals surface area contributed by atoms with E-state index < -0.39 is 6.10 Å². The average Bonchev–Trinajstić information content (AvgIpc) is 2.67. The SMILES string of the molecule is CCOc1ccc(-c2cc(NC[C@H](O)c3ccccc3)ncn2)c(C)c1. The Hall–Kier alpha value is -2.92. The molecule has 0 fully saturated rings. The predicted octanol–water partition coefficient (Wildman–Crippen LogP) is 4.00. The third-order valence-corrected chi connectivity index (χ3v) is 4.11. The molecule has 0 radical (unpaired) electrons. The maximum atomic E-state index is 10.3. The van der Waals surface area contributed by atoms with Crippen molar-refractivity contribution in [3.05, 3.63) is 72.1 Å². The van der Waals surface area contributed by atoms with E-state index in [9.17, 15) is 5.11 Å². The molecule has 1 atom stereocenters. The van der Waals surface area contributed by atoms with Crippen molar-refractivity contribution < 1.29 is 9.84 Å². The molecule has 134 valence electrons. The zero-order chi connectivity index (χ0) is 18.4. The highest BCUT2D eigenvalue weighted by Crippen LogP contribution is 2.26. The van der Waals surface area contributed by atoms with Crippen molar-refractivity contribution in [1.82, 2.24) is 9.97 Å². The van der Waals surface area contributed by atoms with Crippen LogP contribution in [0.5, 0.6) is 5.75 Å². The molecular formula is C21H23N3O2. The lowest BCUT2D eigenvalue weighted by Crippen LogP contribution is -2.13. The van der Waals surface area contributed by atoms with Crippen LogP contribution in [0.3, 0.4) is 0 Å². The Balaban J connectivity index is 1.72. The van der Waals surface area contributed by atoms with E-state index in [1.54, 1.807) is 0 Å². The lowest BCUT2D eigenvalue weighted by Gasteiger charge is -2.13. The van der Waals surface area contributed by atoms with Gasteiger partial charge in [0.15, 0.2) is 0 Å². The van der Waals surface area contributed by atoms with Crippen LogP contribution in [0.4, 0.5) is 5.82 Å². The summed E-state index contributed by atoms with van der Waals surface area (Å²) in [6.45, 7) is 5.02. The van der Waals surface area contributed by atoms with E-state index in [-0.39, 0.29) is 0 Å². The number of aromatic nitrogens is 2. The van der Waals surface area contributed by atoms with Crippen molar-refractivity contribution in [2.75, 3.05) is 18.5 Å². The fraction of sp³-hybridized carbons (Fsp3) is 0.238. The van der Waals surface area contributed by atoms with Gasteiger partial charge in [0.25, 0.3) is 0 Å². The zero-order valence-electron chi connectivity index (χ0n) is 15.0. The lowest BCUT2D eigenvalue weighted by atomic mass is 10.1. The number of nitrogens with zero attached hydrogens (tertiary/aromatic N) is 2. The van der Waals surface area contributed by atoms with Gasteiger partial charge in [0.2, 0.25) is 0 Å². The van der Waals surface area contributed by atoms with Gasteiger partial charge in [-0.05, 0) is 43.2 Å². The Labute approximate surface area is 153 Å². The fourth-order valence-corrected chi connectivity index (χ4v) is 2.78. The first kappa shape index (κ1) is 17.9. The molecule has 5 nitrogen and oxygen atoms in total. The molecule has 0 aliphatic rings. The molecule has 2 aromatic carbocycles. The quantitative estimate of drug-likeness (QED) is 0.675. The smallest absolute Gasteiger partial charge is 0.130 e. The van der Waals surface area contributed by atoms with Crippen molar-refractivity contribution in [3.8, 4) is 17.0 Å². The van der Waals surface area contributed by atoms with Crippen LogP contribution < -0.4 is 10.1 Å². The maximum Gasteiger partial charge on any atom is 0.130 e. The Morgan fingerprint density at radius 3 is 2.62 bits per heavy atom. The van der Waals surface area contributed by atoms with Gasteiger partial charge in [0.05, 0.1) is 18.4 Å². The molecule has 3 rings (SSSR count). The second-order valence-electron chi connectivity index (χ2n) is 6.01. The van der Waals surface area contributed by atoms with E-state index in [4.69, 9.17) is 4.74 Å². The summed E-state index contributed by atoms with van der Waals surface area (Å²) in [6.07, 6.45) is 0.935. The lowest BCUT2D eigenvalue weighted by molar-refractivity contribution is 0.191. The topological polar surface area (TPSA) is 67.3 Å². The molecule has 0 saturated carbocycles. The predicted molar refractivity (Wildman–Crippen MR) is 103 cm³/mol. The van der Waals surface area contributed by atoms with E-state index in [1.807, 2.05) is 68.4 Å². The van der Waals surface area contributed by atoms with Crippen molar-refractivity contribution in [1.29, 1.82) is 0 Å². The number of nitrogens with one attached hydrogen (secondary N) is 1. The Kier molecular flexibility index (Phi) is 5.81. The number of aryl methyl sites for hydroxylation is 1. The van der Waals surface area contributed by atoms with Crippen LogP contribution in [0, 0.1) is 6.92 Å². The molecule has 3 aromatic rings. The first-order valence-electron chi connectivity index (χ1n) is 8.70. The maximum absolute atomic E-state index is 10.3. The molecule has 1 aromatic heterocycles. The van der Waals surface area contributed by atoms with Gasteiger partial charge in [-0.1, -0.05) is 30.3 Å². The summed E-state index contributed by atoms with van der Waals surface area (Å²) in [7, 11) is 0. The highest BCUT2D eigenvalue weighted by Gasteiger charge is 2.09. The number of aliphatic hydroxyl groups excluding tert-OH is 1. The number of hydrogen-bond donors (Lipinski definition) is 2. The minimum absolute atomic E-state index is 0.378. The zero-order valence-corrected chi connectivity index (χ0v) is 15.0. The molecule has 0 amide bonds. The Bertz CT molecular complexity index is 853. The molecule has 0 spiro atoms. The number of ether oxygens (including phenoxy) is 1. The van der Waals surface area contributed by atoms with Crippen molar-refractivity contribution in [2.24, 2.45) is 0 Å². The molecule has 0 aliphatic heterocycles. The molecule has 0 saturated heterocycles. The molecule has 26 heavy (non-hydrogen) atoms. The highest BCUT2D eigenvalue weighted by molar-refractivity contribution is 5.66. The summed E-state index contributed by atoms with van der Waals surface area (Å²) < 4.78 is 5.54. The summed E-state index contributed by atoms with van der Waals surface area (Å²) in [6, 6.07) is 17.4. The van der Waals surface area contributed by atoms with Gasteiger partial charge < -0.3 is 15.2 Å². The third kappa shape index (κ3) is 4.37. The number of aliphatic hydroxyl groups is 1. The molecular weight excluding hydrogens is 326 g/mol. The van der Waals surface area contributed by atoms with Crippen molar-refractivity contribution in [2.45, 2.75) is 20.0 Å². The minimum atomic E-state index is -0.596. The summed E-state index contributed by atoms with van der Waals surface area (Å²) in [4.78, 5) is 8.63. The van der Waals surface area contributed by atoms with E-state index in [0.717, 1.165) is 28.1 Å². The highest BCUT2D eigenvalue weighted by atomic mass is 16.5. The van der Waals surface area contributed by atoms with Gasteiger partial charge in [0.1, 0.15) is 17.9 Å². The van der Waals surface area contributed by atoms with Crippen LogP contribution in [-0.2, 0) is 0 Å². The van der Waals surface area contributed by atoms with Crippen molar-refractivity contribution in [3.63, 3.8) is 0 Å². The van der Waals surface area contributed by atoms with Crippen LogP contribution in [0.25, 0.3) is 11.3 Å². The van der Waals surface area contributed by atoms with Gasteiger partial charge >= 0.3 is 0 Å². The molecule has 0 bridgehead atoms. The van der Waals surface area contributed by atoms with Gasteiger partial charge in [-0.2, -0.15) is 0 Å². The summed E-state index contributed by atoms with van der Waals surface area (Å²) in [5.41, 5.74) is 3.82. The second kappa shape index (κ2) is 8.45. The number of benzene rings is 2. The third-order valence-electron chi connectivity index (χ3n) is 4.11. The van der Waals surface area contributed by atoms with Gasteiger partial charge in [-0.15, -0.1) is 0 Å². The minimum Gasteiger partial charge on any atom is -0.494 e. The number of rotatable bonds is 7. The van der Waals surface area contributed by atoms with Crippen LogP contribution in [-0.4, -0.2) is 28.2 Å². The summed E-state index contributed by atoms with van der Waals surface area (Å²) in [5, 5.41) is 13.5. The largest absolute Gasteiger partial charge is 0.494 e. The summed E-state index contributed by atoms with van der Waals surface area (Å²) in [5.74, 6) is 1.53. The number of hydrogen-bond acceptors (Lipinski definition) is 5. The average molecular weight is 349 g/mol. The molecule has 2 N–H and O–H groups in total. The van der Waals surface area contributed by atoms with Crippen LogP contribution in [0.1, 0.15) is 24.2 Å².